The van der Waals surface area contributed by atoms with E-state index in [1.54, 1.807) is 26.1 Å². The minimum Gasteiger partial charge on any atom is -0.469 e. The van der Waals surface area contributed by atoms with Crippen LogP contribution in [-0.2, 0) is 9.53 Å². The summed E-state index contributed by atoms with van der Waals surface area (Å²) in [4.78, 5) is 24.9. The first-order valence-corrected chi connectivity index (χ1v) is 6.13. The van der Waals surface area contributed by atoms with E-state index in [-0.39, 0.29) is 24.3 Å². The first-order valence-electron chi connectivity index (χ1n) is 5.75. The maximum Gasteiger partial charge on any atom is 0.310 e. The zero-order chi connectivity index (χ0) is 14.6. The average molecular weight is 285 g/mol. The second-order valence-corrected chi connectivity index (χ2v) is 4.75. The van der Waals surface area contributed by atoms with Gasteiger partial charge >= 0.3 is 5.97 Å². The summed E-state index contributed by atoms with van der Waals surface area (Å²) in [6.45, 7) is 1.97. The summed E-state index contributed by atoms with van der Waals surface area (Å²) in [5.41, 5.74) is 6.44. The summed E-state index contributed by atoms with van der Waals surface area (Å²) in [6.07, 6.45) is 0. The number of nitrogens with two attached hydrogens (primary N) is 1. The van der Waals surface area contributed by atoms with Crippen molar-refractivity contribution in [3.8, 4) is 0 Å². The smallest absolute Gasteiger partial charge is 0.310 e. The van der Waals surface area contributed by atoms with Crippen LogP contribution in [0.25, 0.3) is 0 Å². The molecule has 0 fully saturated rings. The molecule has 1 unspecified atom stereocenters. The molecule has 0 bridgehead atoms. The van der Waals surface area contributed by atoms with Crippen molar-refractivity contribution in [2.45, 2.75) is 6.92 Å². The van der Waals surface area contributed by atoms with Crippen molar-refractivity contribution < 1.29 is 14.3 Å². The van der Waals surface area contributed by atoms with Crippen molar-refractivity contribution in [2.24, 2.45) is 5.92 Å². The summed E-state index contributed by atoms with van der Waals surface area (Å²) >= 11 is 5.87. The van der Waals surface area contributed by atoms with E-state index in [9.17, 15) is 9.59 Å². The highest BCUT2D eigenvalue weighted by Gasteiger charge is 2.19. The van der Waals surface area contributed by atoms with Gasteiger partial charge in [0.1, 0.15) is 0 Å². The van der Waals surface area contributed by atoms with Gasteiger partial charge in [0.25, 0.3) is 5.91 Å². The van der Waals surface area contributed by atoms with Crippen LogP contribution in [0.1, 0.15) is 17.3 Å². The highest BCUT2D eigenvalue weighted by Crippen LogP contribution is 2.20. The van der Waals surface area contributed by atoms with Gasteiger partial charge < -0.3 is 15.4 Å². The molecule has 0 radical (unpaired) electrons. The molecular weight excluding hydrogens is 268 g/mol. The lowest BCUT2D eigenvalue weighted by Gasteiger charge is -2.20. The number of esters is 1. The lowest BCUT2D eigenvalue weighted by molar-refractivity contribution is -0.145. The lowest BCUT2D eigenvalue weighted by atomic mass is 10.1. The van der Waals surface area contributed by atoms with Gasteiger partial charge in [0, 0.05) is 19.2 Å². The number of ether oxygens (including phenoxy) is 1. The second kappa shape index (κ2) is 6.43. The zero-order valence-electron chi connectivity index (χ0n) is 11.1. The molecule has 0 aliphatic heterocycles. The fourth-order valence-electron chi connectivity index (χ4n) is 1.65. The molecule has 6 heteroatoms. The molecule has 1 atom stereocenters. The van der Waals surface area contributed by atoms with Crippen LogP contribution < -0.4 is 5.73 Å². The Morgan fingerprint density at radius 2 is 2.11 bits per heavy atom. The fourth-order valence-corrected chi connectivity index (χ4v) is 1.83. The van der Waals surface area contributed by atoms with Crippen molar-refractivity contribution in [1.82, 2.24) is 4.90 Å². The van der Waals surface area contributed by atoms with Gasteiger partial charge in [0.15, 0.2) is 0 Å². The minimum absolute atomic E-state index is 0.224. The number of rotatable bonds is 4. The standard InChI is InChI=1S/C13H17ClN2O3/c1-8(13(18)19-3)7-16(2)12(17)9-4-5-11(15)10(14)6-9/h4-6,8H,7,15H2,1-3H3. The van der Waals surface area contributed by atoms with E-state index in [1.165, 1.54) is 18.1 Å². The fraction of sp³-hybridized carbons (Fsp3) is 0.385. The number of benzene rings is 1. The minimum atomic E-state index is -0.386. The van der Waals surface area contributed by atoms with Crippen LogP contribution in [0.5, 0.6) is 0 Å². The lowest BCUT2D eigenvalue weighted by Crippen LogP contribution is -2.34. The van der Waals surface area contributed by atoms with Crippen molar-refractivity contribution in [3.63, 3.8) is 0 Å². The van der Waals surface area contributed by atoms with Crippen LogP contribution in [-0.4, -0.2) is 37.5 Å². The number of hydrogen-bond acceptors (Lipinski definition) is 4. The number of nitrogens with zero attached hydrogens (tertiary/aromatic N) is 1. The molecule has 1 amide bonds. The highest BCUT2D eigenvalue weighted by molar-refractivity contribution is 6.33. The van der Waals surface area contributed by atoms with Crippen LogP contribution in [0.3, 0.4) is 0 Å². The van der Waals surface area contributed by atoms with Crippen LogP contribution >= 0.6 is 11.6 Å². The van der Waals surface area contributed by atoms with Gasteiger partial charge in [-0.1, -0.05) is 18.5 Å². The number of methoxy groups -OCH3 is 1. The third kappa shape index (κ3) is 3.86. The van der Waals surface area contributed by atoms with Gasteiger partial charge in [-0.05, 0) is 18.2 Å². The first-order chi connectivity index (χ1) is 8.86. The number of carbonyl (C=O) groups is 2. The third-order valence-corrected chi connectivity index (χ3v) is 3.07. The van der Waals surface area contributed by atoms with E-state index < -0.39 is 0 Å². The van der Waals surface area contributed by atoms with Crippen molar-refractivity contribution in [3.05, 3.63) is 28.8 Å². The van der Waals surface area contributed by atoms with Crippen molar-refractivity contribution >= 4 is 29.2 Å². The SMILES string of the molecule is COC(=O)C(C)CN(C)C(=O)c1ccc(N)c(Cl)c1. The number of carbonyl (C=O) groups excluding carboxylic acids is 2. The number of halogens is 1. The number of anilines is 1. The Kier molecular flexibility index (Phi) is 5.18. The van der Waals surface area contributed by atoms with E-state index in [2.05, 4.69) is 4.74 Å². The van der Waals surface area contributed by atoms with Crippen molar-refractivity contribution in [2.75, 3.05) is 26.4 Å². The number of hydrogen-bond donors (Lipinski definition) is 1. The Hall–Kier alpha value is -1.75. The molecule has 0 heterocycles. The van der Waals surface area contributed by atoms with Gasteiger partial charge in [-0.3, -0.25) is 9.59 Å². The van der Waals surface area contributed by atoms with E-state index >= 15 is 0 Å². The predicted molar refractivity (Wildman–Crippen MR) is 74.0 cm³/mol. The molecule has 5 nitrogen and oxygen atoms in total. The normalized spacial score (nSPS) is 11.8. The van der Waals surface area contributed by atoms with Crippen LogP contribution in [0.15, 0.2) is 18.2 Å². The first kappa shape index (κ1) is 15.3. The largest absolute Gasteiger partial charge is 0.469 e. The maximum atomic E-state index is 12.1. The van der Waals surface area contributed by atoms with E-state index in [0.29, 0.717) is 16.3 Å². The van der Waals surface area contributed by atoms with Gasteiger partial charge in [-0.2, -0.15) is 0 Å². The Morgan fingerprint density at radius 1 is 1.47 bits per heavy atom. The van der Waals surface area contributed by atoms with Crippen LogP contribution in [0.2, 0.25) is 5.02 Å². The maximum absolute atomic E-state index is 12.1. The van der Waals surface area contributed by atoms with Crippen molar-refractivity contribution in [1.29, 1.82) is 0 Å². The Balaban J connectivity index is 2.76. The molecule has 1 aromatic carbocycles. The summed E-state index contributed by atoms with van der Waals surface area (Å²) in [7, 11) is 2.94. The van der Waals surface area contributed by atoms with E-state index in [0.717, 1.165) is 0 Å². The quantitative estimate of drug-likeness (QED) is 0.676. The molecule has 1 rings (SSSR count). The molecule has 19 heavy (non-hydrogen) atoms. The Labute approximate surface area is 117 Å². The molecule has 0 saturated carbocycles. The topological polar surface area (TPSA) is 72.6 Å². The highest BCUT2D eigenvalue weighted by atomic mass is 35.5. The molecule has 2 N–H and O–H groups in total. The summed E-state index contributed by atoms with van der Waals surface area (Å²) in [5.74, 6) is -0.962. The monoisotopic (exact) mass is 284 g/mol. The molecular formula is C13H17ClN2O3. The van der Waals surface area contributed by atoms with Gasteiger partial charge in [0.2, 0.25) is 0 Å². The van der Waals surface area contributed by atoms with Gasteiger partial charge in [-0.25, -0.2) is 0 Å². The summed E-state index contributed by atoms with van der Waals surface area (Å²) in [5, 5.41) is 0.334. The average Bonchev–Trinajstić information content (AvgIpc) is 2.39. The van der Waals surface area contributed by atoms with Crippen LogP contribution in [0, 0.1) is 5.92 Å². The predicted octanol–water partition coefficient (Wildman–Crippen LogP) is 1.80. The van der Waals surface area contributed by atoms with Crippen LogP contribution in [0.4, 0.5) is 5.69 Å². The van der Waals surface area contributed by atoms with E-state index in [1.807, 2.05) is 0 Å². The summed E-state index contributed by atoms with van der Waals surface area (Å²) in [6, 6.07) is 4.69. The van der Waals surface area contributed by atoms with Gasteiger partial charge in [-0.15, -0.1) is 0 Å². The van der Waals surface area contributed by atoms with E-state index in [4.69, 9.17) is 17.3 Å². The number of amides is 1. The number of nitrogen functional groups attached to an aromatic ring is 1. The third-order valence-electron chi connectivity index (χ3n) is 2.75. The zero-order valence-corrected chi connectivity index (χ0v) is 11.9. The molecule has 0 aromatic heterocycles. The molecule has 1 aromatic rings. The Bertz CT molecular complexity index is 491. The summed E-state index contributed by atoms with van der Waals surface area (Å²) < 4.78 is 4.62. The molecule has 104 valence electrons. The Morgan fingerprint density at radius 3 is 2.63 bits per heavy atom. The molecule has 0 saturated heterocycles. The van der Waals surface area contributed by atoms with Gasteiger partial charge in [0.05, 0.1) is 23.7 Å². The molecule has 0 aliphatic carbocycles. The molecule has 0 aliphatic rings. The molecule has 0 spiro atoms. The second-order valence-electron chi connectivity index (χ2n) is 4.35.